The van der Waals surface area contributed by atoms with E-state index in [1.54, 1.807) is 49.4 Å². The Morgan fingerprint density at radius 1 is 1.13 bits per heavy atom. The monoisotopic (exact) mass is 334 g/mol. The molecule has 0 saturated carbocycles. The molecule has 0 aromatic heterocycles. The van der Waals surface area contributed by atoms with Crippen LogP contribution >= 0.6 is 11.6 Å². The molecule has 0 aliphatic carbocycles. The predicted octanol–water partition coefficient (Wildman–Crippen LogP) is 2.91. The van der Waals surface area contributed by atoms with Crippen LogP contribution < -0.4 is 10.6 Å². The zero-order valence-electron chi connectivity index (χ0n) is 12.5. The van der Waals surface area contributed by atoms with Crippen molar-refractivity contribution in [2.75, 3.05) is 0 Å². The second kappa shape index (κ2) is 7.74. The highest BCUT2D eigenvalue weighted by atomic mass is 35.5. The molecule has 0 saturated heterocycles. The molecule has 4 nitrogen and oxygen atoms in total. The lowest BCUT2D eigenvalue weighted by Crippen LogP contribution is -2.44. The van der Waals surface area contributed by atoms with Gasteiger partial charge in [0.15, 0.2) is 0 Å². The third kappa shape index (κ3) is 4.53. The number of nitrogens with one attached hydrogen (secondary N) is 2. The number of amides is 2. The molecule has 2 rings (SSSR count). The second-order valence-electron chi connectivity index (χ2n) is 4.98. The van der Waals surface area contributed by atoms with E-state index < -0.39 is 17.9 Å². The number of halogens is 2. The maximum atomic E-state index is 13.5. The van der Waals surface area contributed by atoms with Crippen LogP contribution in [-0.4, -0.2) is 17.9 Å². The van der Waals surface area contributed by atoms with Crippen LogP contribution in [0.3, 0.4) is 0 Å². The van der Waals surface area contributed by atoms with Gasteiger partial charge < -0.3 is 10.6 Å². The molecular weight excluding hydrogens is 319 g/mol. The molecule has 0 fully saturated rings. The Kier molecular flexibility index (Phi) is 5.71. The van der Waals surface area contributed by atoms with E-state index in [2.05, 4.69) is 10.6 Å². The van der Waals surface area contributed by atoms with Crippen molar-refractivity contribution in [2.45, 2.75) is 19.5 Å². The Morgan fingerprint density at radius 2 is 1.78 bits per heavy atom. The molecule has 2 aromatic carbocycles. The van der Waals surface area contributed by atoms with Crippen molar-refractivity contribution < 1.29 is 14.0 Å². The van der Waals surface area contributed by atoms with Gasteiger partial charge in [0.1, 0.15) is 11.9 Å². The first-order valence-corrected chi connectivity index (χ1v) is 7.43. The van der Waals surface area contributed by atoms with E-state index >= 15 is 0 Å². The third-order valence-electron chi connectivity index (χ3n) is 3.27. The summed E-state index contributed by atoms with van der Waals surface area (Å²) < 4.78 is 13.5. The molecule has 0 aliphatic heterocycles. The number of carbonyl (C=O) groups excluding carboxylic acids is 2. The van der Waals surface area contributed by atoms with Gasteiger partial charge >= 0.3 is 0 Å². The number of rotatable bonds is 5. The molecule has 1 atom stereocenters. The molecule has 0 unspecified atom stereocenters. The van der Waals surface area contributed by atoms with Crippen LogP contribution in [0.5, 0.6) is 0 Å². The van der Waals surface area contributed by atoms with E-state index in [0.717, 1.165) is 0 Å². The van der Waals surface area contributed by atoms with Crippen molar-refractivity contribution in [1.82, 2.24) is 10.6 Å². The molecule has 2 amide bonds. The maximum Gasteiger partial charge on any atom is 0.253 e. The highest BCUT2D eigenvalue weighted by Gasteiger charge is 2.18. The quantitative estimate of drug-likeness (QED) is 0.883. The lowest BCUT2D eigenvalue weighted by atomic mass is 10.2. The number of benzene rings is 2. The van der Waals surface area contributed by atoms with E-state index in [0.29, 0.717) is 16.1 Å². The first kappa shape index (κ1) is 17.0. The molecule has 0 radical (unpaired) electrons. The summed E-state index contributed by atoms with van der Waals surface area (Å²) in [6.45, 7) is 1.60. The Hall–Kier alpha value is -2.40. The normalized spacial score (nSPS) is 11.6. The van der Waals surface area contributed by atoms with Gasteiger partial charge in [-0.05, 0) is 25.1 Å². The maximum absolute atomic E-state index is 13.5. The SMILES string of the molecule is C[C@H](NC(=O)c1ccccc1Cl)C(=O)NCc1ccccc1F. The van der Waals surface area contributed by atoms with E-state index in [-0.39, 0.29) is 12.4 Å². The van der Waals surface area contributed by atoms with Gasteiger partial charge in [0.05, 0.1) is 10.6 Å². The Morgan fingerprint density at radius 3 is 2.48 bits per heavy atom. The summed E-state index contributed by atoms with van der Waals surface area (Å²) in [5.74, 6) is -1.24. The first-order valence-electron chi connectivity index (χ1n) is 7.05. The number of hydrogen-bond donors (Lipinski definition) is 2. The molecule has 23 heavy (non-hydrogen) atoms. The van der Waals surface area contributed by atoms with Crippen molar-refractivity contribution in [3.63, 3.8) is 0 Å². The number of carbonyl (C=O) groups is 2. The molecule has 0 heterocycles. The van der Waals surface area contributed by atoms with Gasteiger partial charge in [0.2, 0.25) is 5.91 Å². The van der Waals surface area contributed by atoms with Gasteiger partial charge in [0.25, 0.3) is 5.91 Å². The standard InChI is InChI=1S/C17H16ClFN2O2/c1-11(21-17(23)13-7-3-4-8-14(13)18)16(22)20-10-12-6-2-5-9-15(12)19/h2-9,11H,10H2,1H3,(H,20,22)(H,21,23)/t11-/m0/s1. The number of hydrogen-bond acceptors (Lipinski definition) is 2. The van der Waals surface area contributed by atoms with Crippen LogP contribution in [0, 0.1) is 5.82 Å². The van der Waals surface area contributed by atoms with Crippen LogP contribution in [0.15, 0.2) is 48.5 Å². The minimum absolute atomic E-state index is 0.0534. The average molecular weight is 335 g/mol. The third-order valence-corrected chi connectivity index (χ3v) is 3.60. The largest absolute Gasteiger partial charge is 0.350 e. The minimum atomic E-state index is -0.773. The van der Waals surface area contributed by atoms with Gasteiger partial charge in [-0.2, -0.15) is 0 Å². The second-order valence-corrected chi connectivity index (χ2v) is 5.39. The minimum Gasteiger partial charge on any atom is -0.350 e. The summed E-state index contributed by atoms with van der Waals surface area (Å²) in [4.78, 5) is 24.1. The van der Waals surface area contributed by atoms with Crippen molar-refractivity contribution in [1.29, 1.82) is 0 Å². The van der Waals surface area contributed by atoms with E-state index in [1.807, 2.05) is 0 Å². The van der Waals surface area contributed by atoms with Crippen LogP contribution in [-0.2, 0) is 11.3 Å². The Bertz CT molecular complexity index is 721. The molecule has 0 aliphatic rings. The van der Waals surface area contributed by atoms with Crippen LogP contribution in [0.2, 0.25) is 5.02 Å². The Labute approximate surface area is 138 Å². The van der Waals surface area contributed by atoms with E-state index in [9.17, 15) is 14.0 Å². The summed E-state index contributed by atoms with van der Waals surface area (Å²) >= 11 is 5.94. The summed E-state index contributed by atoms with van der Waals surface area (Å²) in [6, 6.07) is 12.0. The highest BCUT2D eigenvalue weighted by molar-refractivity contribution is 6.33. The smallest absolute Gasteiger partial charge is 0.253 e. The van der Waals surface area contributed by atoms with Gasteiger partial charge in [0, 0.05) is 12.1 Å². The molecule has 0 bridgehead atoms. The summed E-state index contributed by atoms with van der Waals surface area (Å²) in [7, 11) is 0. The predicted molar refractivity (Wildman–Crippen MR) is 86.6 cm³/mol. The van der Waals surface area contributed by atoms with Crippen molar-refractivity contribution in [3.05, 3.63) is 70.5 Å². The van der Waals surface area contributed by atoms with Crippen molar-refractivity contribution in [3.8, 4) is 0 Å². The molecule has 2 aromatic rings. The fourth-order valence-corrected chi connectivity index (χ4v) is 2.18. The van der Waals surface area contributed by atoms with Gasteiger partial charge in [-0.3, -0.25) is 9.59 Å². The fraction of sp³-hybridized carbons (Fsp3) is 0.176. The van der Waals surface area contributed by atoms with Crippen LogP contribution in [0.25, 0.3) is 0 Å². The summed E-state index contributed by atoms with van der Waals surface area (Å²) in [5.41, 5.74) is 0.674. The summed E-state index contributed by atoms with van der Waals surface area (Å²) in [5, 5.41) is 5.45. The van der Waals surface area contributed by atoms with Crippen molar-refractivity contribution in [2.24, 2.45) is 0 Å². The molecule has 120 valence electrons. The highest BCUT2D eigenvalue weighted by Crippen LogP contribution is 2.14. The topological polar surface area (TPSA) is 58.2 Å². The Balaban J connectivity index is 1.91. The average Bonchev–Trinajstić information content (AvgIpc) is 2.54. The van der Waals surface area contributed by atoms with Gasteiger partial charge in [-0.15, -0.1) is 0 Å². The van der Waals surface area contributed by atoms with Gasteiger partial charge in [-0.1, -0.05) is 41.9 Å². The zero-order chi connectivity index (χ0) is 16.8. The fourth-order valence-electron chi connectivity index (χ4n) is 1.96. The molecule has 6 heteroatoms. The molecule has 2 N–H and O–H groups in total. The molecular formula is C17H16ClFN2O2. The lowest BCUT2D eigenvalue weighted by molar-refractivity contribution is -0.122. The first-order chi connectivity index (χ1) is 11.0. The lowest BCUT2D eigenvalue weighted by Gasteiger charge is -2.15. The van der Waals surface area contributed by atoms with Gasteiger partial charge in [-0.25, -0.2) is 4.39 Å². The van der Waals surface area contributed by atoms with Crippen LogP contribution in [0.4, 0.5) is 4.39 Å². The van der Waals surface area contributed by atoms with Crippen molar-refractivity contribution >= 4 is 23.4 Å². The summed E-state index contributed by atoms with van der Waals surface area (Å²) in [6.07, 6.45) is 0. The van der Waals surface area contributed by atoms with Crippen LogP contribution in [0.1, 0.15) is 22.8 Å². The molecule has 0 spiro atoms. The van der Waals surface area contributed by atoms with E-state index in [1.165, 1.54) is 6.07 Å². The van der Waals surface area contributed by atoms with E-state index in [4.69, 9.17) is 11.6 Å². The zero-order valence-corrected chi connectivity index (χ0v) is 13.2.